The molecule has 310 valence electrons. The van der Waals surface area contributed by atoms with Gasteiger partial charge in [0.05, 0.1) is 24.4 Å². The second kappa shape index (κ2) is 20.1. The highest BCUT2D eigenvalue weighted by Crippen LogP contribution is 2.39. The summed E-state index contributed by atoms with van der Waals surface area (Å²) in [5, 5.41) is 43.0. The third-order valence-corrected chi connectivity index (χ3v) is 12.6. The zero-order valence-corrected chi connectivity index (χ0v) is 34.2. The van der Waals surface area contributed by atoms with Gasteiger partial charge in [-0.15, -0.1) is 6.58 Å². The van der Waals surface area contributed by atoms with E-state index in [2.05, 4.69) is 25.7 Å². The topological polar surface area (TPSA) is 176 Å². The molecule has 12 nitrogen and oxygen atoms in total. The lowest BCUT2D eigenvalue weighted by Crippen LogP contribution is -2.64. The molecule has 12 heteroatoms. The number of cyclic esters (lactones) is 1. The van der Waals surface area contributed by atoms with Crippen LogP contribution in [0.25, 0.3) is 0 Å². The lowest BCUT2D eigenvalue weighted by Gasteiger charge is -2.47. The monoisotopic (exact) mass is 772 g/mol. The van der Waals surface area contributed by atoms with Gasteiger partial charge in [-0.05, 0) is 102 Å². The van der Waals surface area contributed by atoms with E-state index in [4.69, 9.17) is 24.4 Å². The number of allylic oxidation sites excluding steroid dienone is 4. The molecule has 1 amide bonds. The number of nitrogens with zero attached hydrogens (tertiary/aromatic N) is 1. The molecule has 55 heavy (non-hydrogen) atoms. The fourth-order valence-electron chi connectivity index (χ4n) is 9.18. The Labute approximate surface area is 328 Å². The number of hydrogen-bond acceptors (Lipinski definition) is 11. The Morgan fingerprint density at radius 1 is 1.02 bits per heavy atom. The molecule has 3 fully saturated rings. The van der Waals surface area contributed by atoms with Gasteiger partial charge in [0.1, 0.15) is 18.2 Å². The van der Waals surface area contributed by atoms with Crippen LogP contribution in [0.15, 0.2) is 36.0 Å². The van der Waals surface area contributed by atoms with Crippen LogP contribution in [0, 0.1) is 35.0 Å². The van der Waals surface area contributed by atoms with Crippen molar-refractivity contribution in [2.24, 2.45) is 29.6 Å². The lowest BCUT2D eigenvalue weighted by molar-refractivity contribution is -0.302. The SMILES string of the molecule is C=CC[C@@H]1/C=C(\C)C[C@H](C)C[C@H](OC)[C@H]2O[C@@](O)(C(=O)C(=O)N3CCCC[C@H]3C(=O)O[C@H](/C(C)=C/[C@H]3CC[C@H](O)CC3)[C@H](C)[C@@H](O)CC1=N)[C@H](C)C[C@@H]2OC. The summed E-state index contributed by atoms with van der Waals surface area (Å²) in [7, 11) is 3.09. The van der Waals surface area contributed by atoms with Crippen molar-refractivity contribution in [2.75, 3.05) is 20.8 Å². The standard InChI is InChI=1S/C43H68N2O10/c1-9-12-31-20-25(2)19-26(3)21-36(52-7)39-37(53-8)23-28(5)43(51,55-39)40(48)41(49)45-18-11-10-13-34(45)42(50)54-38(29(6)35(47)24-33(31)44)27(4)22-30-14-16-32(46)17-15-30/h9,20,22,26,28-32,34-39,44,46-47,51H,1,10-19,21,23-24H2,2-8H3/b25-20+,27-22+,44-33?/t26-,28+,29+,30-,31+,32-,34-,35-,36-,37-,38+,39+,43+/m0/s1. The minimum Gasteiger partial charge on any atom is -0.456 e. The first kappa shape index (κ1) is 45.0. The second-order valence-corrected chi connectivity index (χ2v) is 17.0. The summed E-state index contributed by atoms with van der Waals surface area (Å²) < 4.78 is 24.3. The van der Waals surface area contributed by atoms with Crippen molar-refractivity contribution in [1.29, 1.82) is 5.41 Å². The van der Waals surface area contributed by atoms with E-state index in [0.29, 0.717) is 50.7 Å². The van der Waals surface area contributed by atoms with E-state index in [1.165, 1.54) is 4.90 Å². The van der Waals surface area contributed by atoms with E-state index in [1.54, 1.807) is 34.1 Å². The van der Waals surface area contributed by atoms with Crippen LogP contribution in [0.1, 0.15) is 112 Å². The first-order chi connectivity index (χ1) is 26.0. The number of carbonyl (C=O) groups is 3. The number of hydrogen-bond donors (Lipinski definition) is 4. The van der Waals surface area contributed by atoms with E-state index in [0.717, 1.165) is 24.0 Å². The number of piperidine rings is 1. The van der Waals surface area contributed by atoms with Gasteiger partial charge in [0.25, 0.3) is 11.7 Å². The van der Waals surface area contributed by atoms with Crippen LogP contribution in [0.2, 0.25) is 0 Å². The van der Waals surface area contributed by atoms with Crippen LogP contribution in [0.3, 0.4) is 0 Å². The number of esters is 1. The van der Waals surface area contributed by atoms with E-state index >= 15 is 0 Å². The summed E-state index contributed by atoms with van der Waals surface area (Å²) in [6, 6.07) is -1.09. The third kappa shape index (κ3) is 11.0. The highest BCUT2D eigenvalue weighted by atomic mass is 16.7. The summed E-state index contributed by atoms with van der Waals surface area (Å²) in [6.07, 6.45) is 7.95. The predicted octanol–water partition coefficient (Wildman–Crippen LogP) is 5.46. The van der Waals surface area contributed by atoms with E-state index in [-0.39, 0.29) is 49.7 Å². The number of ether oxygens (including phenoxy) is 4. The summed E-state index contributed by atoms with van der Waals surface area (Å²) in [5.41, 5.74) is 2.13. The highest BCUT2D eigenvalue weighted by Gasteiger charge is 2.56. The van der Waals surface area contributed by atoms with Gasteiger partial charge in [-0.1, -0.05) is 44.6 Å². The molecular formula is C43H68N2O10. The molecule has 0 aromatic heterocycles. The Balaban J connectivity index is 1.77. The summed E-state index contributed by atoms with van der Waals surface area (Å²) >= 11 is 0. The summed E-state index contributed by atoms with van der Waals surface area (Å²) in [4.78, 5) is 43.8. The second-order valence-electron chi connectivity index (χ2n) is 17.0. The van der Waals surface area contributed by atoms with Crippen LogP contribution in [0.5, 0.6) is 0 Å². The van der Waals surface area contributed by atoms with Crippen LogP contribution >= 0.6 is 0 Å². The fraction of sp³-hybridized carbons (Fsp3) is 0.767. The number of aliphatic hydroxyl groups is 3. The highest BCUT2D eigenvalue weighted by molar-refractivity contribution is 6.39. The van der Waals surface area contributed by atoms with Gasteiger partial charge in [-0.25, -0.2) is 4.79 Å². The summed E-state index contributed by atoms with van der Waals surface area (Å²) in [6.45, 7) is 13.5. The minimum atomic E-state index is -2.48. The quantitative estimate of drug-likeness (QED) is 0.154. The van der Waals surface area contributed by atoms with E-state index in [1.807, 2.05) is 13.8 Å². The predicted molar refractivity (Wildman–Crippen MR) is 209 cm³/mol. The Kier molecular flexibility index (Phi) is 16.4. The molecule has 2 saturated heterocycles. The Morgan fingerprint density at radius 2 is 1.67 bits per heavy atom. The minimum absolute atomic E-state index is 0.0540. The Bertz CT molecular complexity index is 1420. The molecule has 4 N–H and O–H groups in total. The first-order valence-corrected chi connectivity index (χ1v) is 20.5. The number of methoxy groups -OCH3 is 2. The number of aliphatic hydroxyl groups excluding tert-OH is 2. The van der Waals surface area contributed by atoms with Crippen molar-refractivity contribution in [1.82, 2.24) is 4.90 Å². The Hall–Kier alpha value is -2.74. The van der Waals surface area contributed by atoms with Crippen LogP contribution in [0.4, 0.5) is 0 Å². The van der Waals surface area contributed by atoms with Crippen LogP contribution < -0.4 is 0 Å². The van der Waals surface area contributed by atoms with Crippen molar-refractivity contribution in [2.45, 2.75) is 160 Å². The number of rotatable bonds is 6. The van der Waals surface area contributed by atoms with E-state index in [9.17, 15) is 29.7 Å². The maximum atomic E-state index is 14.3. The van der Waals surface area contributed by atoms with Gasteiger partial charge in [0.15, 0.2) is 0 Å². The molecule has 0 unspecified atom stereocenters. The number of ketones is 1. The first-order valence-electron chi connectivity index (χ1n) is 20.5. The van der Waals surface area contributed by atoms with Gasteiger partial charge in [-0.2, -0.15) is 0 Å². The van der Waals surface area contributed by atoms with Crippen LogP contribution in [-0.2, 0) is 33.3 Å². The van der Waals surface area contributed by atoms with Crippen molar-refractivity contribution < 1.29 is 48.7 Å². The largest absolute Gasteiger partial charge is 0.456 e. The number of carbonyl (C=O) groups excluding carboxylic acids is 3. The number of nitrogens with one attached hydrogen (secondary N) is 1. The molecule has 3 heterocycles. The van der Waals surface area contributed by atoms with Crippen molar-refractivity contribution >= 4 is 23.4 Å². The van der Waals surface area contributed by atoms with Crippen molar-refractivity contribution in [3.8, 4) is 0 Å². The summed E-state index contributed by atoms with van der Waals surface area (Å²) in [5.74, 6) is -6.85. The van der Waals surface area contributed by atoms with Crippen molar-refractivity contribution in [3.63, 3.8) is 0 Å². The smallest absolute Gasteiger partial charge is 0.329 e. The average molecular weight is 773 g/mol. The Morgan fingerprint density at radius 3 is 2.31 bits per heavy atom. The van der Waals surface area contributed by atoms with Crippen molar-refractivity contribution in [3.05, 3.63) is 36.0 Å². The van der Waals surface area contributed by atoms with Gasteiger partial charge in [0.2, 0.25) is 5.79 Å². The molecule has 0 radical (unpaired) electrons. The molecule has 0 aromatic carbocycles. The zero-order chi connectivity index (χ0) is 40.6. The van der Waals surface area contributed by atoms with Crippen LogP contribution in [-0.4, -0.2) is 113 Å². The molecule has 2 bridgehead atoms. The normalized spacial score (nSPS) is 40.7. The van der Waals surface area contributed by atoms with E-state index < -0.39 is 71.8 Å². The molecule has 4 rings (SSSR count). The molecule has 1 saturated carbocycles. The lowest BCUT2D eigenvalue weighted by atomic mass is 9.82. The zero-order valence-electron chi connectivity index (χ0n) is 34.2. The number of amides is 1. The van der Waals surface area contributed by atoms with Gasteiger partial charge >= 0.3 is 5.97 Å². The molecule has 3 aliphatic heterocycles. The number of Topliss-reactive ketones (excluding diaryl/α,β-unsaturated/α-hetero) is 1. The van der Waals surface area contributed by atoms with Gasteiger partial charge in [-0.3, -0.25) is 9.59 Å². The third-order valence-electron chi connectivity index (χ3n) is 12.6. The fourth-order valence-corrected chi connectivity index (χ4v) is 9.18. The van der Waals surface area contributed by atoms with Gasteiger partial charge < -0.3 is 44.6 Å². The molecular weight excluding hydrogens is 704 g/mol. The molecule has 0 spiro atoms. The van der Waals surface area contributed by atoms with Gasteiger partial charge in [0, 0.05) is 50.7 Å². The maximum Gasteiger partial charge on any atom is 0.329 e. The average Bonchev–Trinajstić information content (AvgIpc) is 3.16. The molecule has 0 aromatic rings. The maximum absolute atomic E-state index is 14.3. The molecule has 11 atom stereocenters. The molecule has 1 aliphatic carbocycles. The molecule has 4 aliphatic rings. The number of fused-ring (bicyclic) bond motifs is 3.